The standard InChI is InChI=1S/2C25H27F3N6O2.2C24H28N6O2/c2*1-15(35)32-8-6-22-20(13-32)24(30-34(22)18-7-10-36-14-18)33-9-5-17-11-16(3-4-21(17)33)19-12-31(2)29-23(19)25(26,27)28;2*1-16(31)28-8-6-23-21(14-28)24(26-30(23)20-7-10-32-15-20)29-9-5-18-11-17(3-4-22(18)29)19-12-25-27(2)13-19/h2*3-4,11-12,18H,5-10,13-14H2,1-2H3;2*3-4,11-13,20H,5-10,14-15H2,1-2H3/t18-;;2*20-/m1.10/s1. The predicted molar refractivity (Wildman–Crippen MR) is 493 cm³/mol. The molecule has 12 aliphatic rings. The molecule has 38 heteroatoms. The van der Waals surface area contributed by atoms with E-state index in [1.807, 2.05) is 92.1 Å². The largest absolute Gasteiger partial charge is 0.435 e. The summed E-state index contributed by atoms with van der Waals surface area (Å²) < 4.78 is 119. The molecule has 12 aliphatic heterocycles. The minimum atomic E-state index is -4.53. The topological polar surface area (TPSA) is 274 Å². The van der Waals surface area contributed by atoms with Crippen LogP contribution in [0.15, 0.2) is 110 Å². The molecule has 4 saturated heterocycles. The summed E-state index contributed by atoms with van der Waals surface area (Å²) in [6.45, 7) is 20.4. The van der Waals surface area contributed by atoms with Gasteiger partial charge in [0.2, 0.25) is 23.6 Å². The normalized spacial score (nSPS) is 19.8. The summed E-state index contributed by atoms with van der Waals surface area (Å²) in [5.74, 6) is 3.98. The van der Waals surface area contributed by atoms with Gasteiger partial charge in [-0.3, -0.25) is 56.6 Å². The van der Waals surface area contributed by atoms with E-state index >= 15 is 0 Å². The van der Waals surface area contributed by atoms with Gasteiger partial charge in [-0.15, -0.1) is 0 Å². The molecule has 4 fully saturated rings. The van der Waals surface area contributed by atoms with Gasteiger partial charge < -0.3 is 58.1 Å². The highest BCUT2D eigenvalue weighted by Gasteiger charge is 2.44. The number of alkyl halides is 6. The van der Waals surface area contributed by atoms with Gasteiger partial charge in [0.1, 0.15) is 0 Å². The number of benzene rings is 4. The lowest BCUT2D eigenvalue weighted by molar-refractivity contribution is -0.141. The summed E-state index contributed by atoms with van der Waals surface area (Å²) in [5.41, 5.74) is 22.3. The van der Waals surface area contributed by atoms with E-state index in [2.05, 4.69) is 95.1 Å². The van der Waals surface area contributed by atoms with Crippen LogP contribution in [0.5, 0.6) is 0 Å². The molecule has 712 valence electrons. The average Bonchev–Trinajstić information content (AvgIpc) is 1.60. The minimum absolute atomic E-state index is 0.0342. The smallest absolute Gasteiger partial charge is 0.379 e. The van der Waals surface area contributed by atoms with E-state index < -0.39 is 23.7 Å². The lowest BCUT2D eigenvalue weighted by atomic mass is 10.0. The first-order valence-corrected chi connectivity index (χ1v) is 47.1. The van der Waals surface area contributed by atoms with Gasteiger partial charge in [0.25, 0.3) is 0 Å². The lowest BCUT2D eigenvalue weighted by Crippen LogP contribution is -2.35. The summed E-state index contributed by atoms with van der Waals surface area (Å²) in [6.07, 6.45) is 12.0. The zero-order chi connectivity index (χ0) is 94.0. The maximum atomic E-state index is 13.6. The molecule has 0 spiro atoms. The number of rotatable bonds is 12. The summed E-state index contributed by atoms with van der Waals surface area (Å²) in [7, 11) is 6.87. The summed E-state index contributed by atoms with van der Waals surface area (Å²) in [6, 6.07) is 25.1. The molecule has 4 aromatic carbocycles. The van der Waals surface area contributed by atoms with E-state index in [0.717, 1.165) is 196 Å². The van der Waals surface area contributed by atoms with Crippen LogP contribution in [0.4, 0.5) is 72.4 Å². The Labute approximate surface area is 781 Å². The Balaban J connectivity index is 0.000000109. The number of halogens is 6. The zero-order valence-corrected chi connectivity index (χ0v) is 77.6. The Morgan fingerprint density at radius 3 is 0.824 bits per heavy atom. The van der Waals surface area contributed by atoms with Crippen LogP contribution >= 0.6 is 0 Å². The average molecular weight is 1870 g/mol. The van der Waals surface area contributed by atoms with Crippen molar-refractivity contribution in [1.29, 1.82) is 0 Å². The maximum Gasteiger partial charge on any atom is 0.435 e. The van der Waals surface area contributed by atoms with E-state index in [4.69, 9.17) is 39.3 Å². The van der Waals surface area contributed by atoms with E-state index in [-0.39, 0.29) is 58.9 Å². The summed E-state index contributed by atoms with van der Waals surface area (Å²) in [4.78, 5) is 65.1. The third kappa shape index (κ3) is 16.9. The first-order valence-electron chi connectivity index (χ1n) is 47.1. The molecule has 4 atom stereocenters. The van der Waals surface area contributed by atoms with Gasteiger partial charge in [0.15, 0.2) is 34.7 Å². The molecule has 0 radical (unpaired) electrons. The van der Waals surface area contributed by atoms with Gasteiger partial charge in [-0.05, 0) is 144 Å². The van der Waals surface area contributed by atoms with Crippen LogP contribution in [-0.4, -0.2) is 227 Å². The van der Waals surface area contributed by atoms with Crippen molar-refractivity contribution in [3.05, 3.63) is 189 Å². The predicted octanol–water partition coefficient (Wildman–Crippen LogP) is 13.4. The lowest BCUT2D eigenvalue weighted by Gasteiger charge is -2.28. The summed E-state index contributed by atoms with van der Waals surface area (Å²) >= 11 is 0. The Morgan fingerprint density at radius 2 is 0.588 bits per heavy atom. The highest BCUT2D eigenvalue weighted by Crippen LogP contribution is 2.49. The van der Waals surface area contributed by atoms with Crippen molar-refractivity contribution in [3.8, 4) is 44.5 Å². The van der Waals surface area contributed by atoms with Crippen LogP contribution in [0.3, 0.4) is 0 Å². The second-order valence-corrected chi connectivity index (χ2v) is 37.5. The van der Waals surface area contributed by atoms with Gasteiger partial charge >= 0.3 is 12.4 Å². The van der Waals surface area contributed by atoms with E-state index in [0.29, 0.717) is 103 Å². The first kappa shape index (κ1) is 89.6. The molecule has 12 aromatic rings. The number of aromatic nitrogens is 16. The molecule has 0 N–H and O–H groups in total. The number of hydrogen-bond acceptors (Lipinski definition) is 20. The number of carbonyl (C=O) groups is 4. The van der Waals surface area contributed by atoms with Gasteiger partial charge in [0.05, 0.1) is 89.2 Å². The molecular weight excluding hydrogens is 1760 g/mol. The number of amides is 4. The van der Waals surface area contributed by atoms with Crippen molar-refractivity contribution in [2.75, 3.05) is 125 Å². The van der Waals surface area contributed by atoms with Crippen molar-refractivity contribution in [2.24, 2.45) is 28.2 Å². The zero-order valence-electron chi connectivity index (χ0n) is 77.6. The molecule has 8 aromatic heterocycles. The van der Waals surface area contributed by atoms with E-state index in [9.17, 15) is 45.5 Å². The minimum Gasteiger partial charge on any atom is -0.379 e. The SMILES string of the molecule is CC(=O)N1CCc2c(c(N3CCc4cc(-c5cn(C)nc5C(F)(F)F)ccc43)nn2C2CCOC2)C1.CC(=O)N1CCc2c(c(N3CCc4cc(-c5cn(C)nc5C(F)(F)F)ccc43)nn2[C@@H]2CCOC2)C1.CC(=O)N1CCc2c(c(N3CCc4cc(-c5cnn(C)c5)ccc43)nn2[C@@H]2CCOC2)C1.CC(=O)N1CCc2c(c(N3CCc4cc(-c5cnn(C)c5)ccc43)nn2[C@H]2CCOC2)C1. The third-order valence-corrected chi connectivity index (χ3v) is 28.9. The number of nitrogens with zero attached hydrogens (tertiary/aromatic N) is 24. The third-order valence-electron chi connectivity index (χ3n) is 28.9. The van der Waals surface area contributed by atoms with Gasteiger partial charge in [-0.25, -0.2) is 0 Å². The molecule has 0 bridgehead atoms. The number of fused-ring (bicyclic) bond motifs is 8. The quantitative estimate of drug-likeness (QED) is 0.103. The molecule has 24 rings (SSSR count). The number of aryl methyl sites for hydroxylation is 4. The monoisotopic (exact) mass is 1860 g/mol. The second kappa shape index (κ2) is 36.0. The fourth-order valence-electron chi connectivity index (χ4n) is 21.9. The van der Waals surface area contributed by atoms with Gasteiger partial charge in [0, 0.05) is 275 Å². The van der Waals surface area contributed by atoms with Crippen LogP contribution in [0.1, 0.15) is 156 Å². The van der Waals surface area contributed by atoms with E-state index in [1.165, 1.54) is 92.0 Å². The fraction of sp³-hybridized carbons (Fsp3) is 0.469. The Bertz CT molecular complexity index is 6230. The molecule has 0 saturated carbocycles. The molecule has 20 heterocycles. The molecular formula is C98H110F6N24O8. The second-order valence-electron chi connectivity index (χ2n) is 37.5. The van der Waals surface area contributed by atoms with Crippen LogP contribution in [0, 0.1) is 0 Å². The molecule has 0 aliphatic carbocycles. The van der Waals surface area contributed by atoms with E-state index in [1.54, 1.807) is 39.8 Å². The Morgan fingerprint density at radius 1 is 0.324 bits per heavy atom. The maximum absolute atomic E-state index is 13.6. The fourth-order valence-corrected chi connectivity index (χ4v) is 21.9. The Hall–Kier alpha value is -12.9. The van der Waals surface area contributed by atoms with Gasteiger partial charge in [-0.2, -0.15) is 67.1 Å². The summed E-state index contributed by atoms with van der Waals surface area (Å²) in [5, 5.41) is 36.3. The highest BCUT2D eigenvalue weighted by molar-refractivity contribution is 5.83. The van der Waals surface area contributed by atoms with Crippen molar-refractivity contribution < 1.29 is 64.5 Å². The van der Waals surface area contributed by atoms with Crippen LogP contribution in [-0.2, 0) is 156 Å². The molecule has 32 nitrogen and oxygen atoms in total. The highest BCUT2D eigenvalue weighted by atomic mass is 19.4. The van der Waals surface area contributed by atoms with Crippen LogP contribution in [0.25, 0.3) is 44.5 Å². The number of carbonyl (C=O) groups excluding carboxylic acids is 4. The van der Waals surface area contributed by atoms with Crippen molar-refractivity contribution in [3.63, 3.8) is 0 Å². The van der Waals surface area contributed by atoms with Crippen molar-refractivity contribution >= 4 is 69.6 Å². The first-order chi connectivity index (χ1) is 65.6. The number of ether oxygens (including phenoxy) is 4. The number of hydrogen-bond donors (Lipinski definition) is 0. The molecule has 1 unspecified atom stereocenters. The van der Waals surface area contributed by atoms with Gasteiger partial charge in [-0.1, -0.05) is 24.3 Å². The van der Waals surface area contributed by atoms with Crippen LogP contribution in [0.2, 0.25) is 0 Å². The van der Waals surface area contributed by atoms with Crippen LogP contribution < -0.4 is 19.6 Å². The molecule has 136 heavy (non-hydrogen) atoms. The van der Waals surface area contributed by atoms with Crippen molar-refractivity contribution in [2.45, 2.75) is 167 Å². The molecule has 4 amide bonds. The van der Waals surface area contributed by atoms with Crippen molar-refractivity contribution in [1.82, 2.24) is 97.8 Å². The Kier molecular flexibility index (Phi) is 23.7. The number of anilines is 8.